The number of carboxylic acid groups (broad SMARTS) is 1. The second kappa shape index (κ2) is 8.90. The van der Waals surface area contributed by atoms with Crippen molar-refractivity contribution in [1.29, 1.82) is 0 Å². The summed E-state index contributed by atoms with van der Waals surface area (Å²) in [5, 5.41) is 16.5. The summed E-state index contributed by atoms with van der Waals surface area (Å²) >= 11 is 0. The molecular weight excluding hydrogens is 457 g/mol. The molecule has 2 aliphatic carbocycles. The molecule has 3 aromatic rings. The third kappa shape index (κ3) is 3.94. The minimum atomic E-state index is -0.769. The first-order valence-electron chi connectivity index (χ1n) is 12.1. The van der Waals surface area contributed by atoms with E-state index in [-0.39, 0.29) is 11.7 Å². The van der Waals surface area contributed by atoms with Gasteiger partial charge in [0.2, 0.25) is 5.91 Å². The zero-order chi connectivity index (χ0) is 25.5. The molecule has 0 spiro atoms. The Labute approximate surface area is 209 Å². The highest BCUT2D eigenvalue weighted by Crippen LogP contribution is 2.49. The molecule has 0 unspecified atom stereocenters. The lowest BCUT2D eigenvalue weighted by Crippen LogP contribution is -2.35. The van der Waals surface area contributed by atoms with Crippen LogP contribution < -0.4 is 5.32 Å². The van der Waals surface area contributed by atoms with Crippen molar-refractivity contribution >= 4 is 17.7 Å². The van der Waals surface area contributed by atoms with E-state index >= 15 is 0 Å². The number of carbonyl (C=O) groups is 2. The second-order valence-corrected chi connectivity index (χ2v) is 9.67. The Kier molecular flexibility index (Phi) is 5.86. The Balaban J connectivity index is 1.40. The van der Waals surface area contributed by atoms with Gasteiger partial charge in [0.1, 0.15) is 0 Å². The number of amides is 1. The molecule has 2 N–H and O–H groups in total. The first kappa shape index (κ1) is 23.7. The lowest BCUT2D eigenvalue weighted by Gasteiger charge is -2.28. The van der Waals surface area contributed by atoms with Crippen molar-refractivity contribution in [2.24, 2.45) is 5.41 Å². The van der Waals surface area contributed by atoms with Crippen LogP contribution in [0.2, 0.25) is 0 Å². The van der Waals surface area contributed by atoms with Crippen molar-refractivity contribution < 1.29 is 19.1 Å². The zero-order valence-corrected chi connectivity index (χ0v) is 20.3. The molecule has 2 aliphatic rings. The predicted octanol–water partition coefficient (Wildman–Crippen LogP) is 5.95. The lowest BCUT2D eigenvalue weighted by molar-refractivity contribution is -0.140. The van der Waals surface area contributed by atoms with Gasteiger partial charge < -0.3 is 10.4 Å². The number of allylic oxidation sites excluding steroid dienone is 3. The molecule has 5 rings (SSSR count). The molecule has 1 atom stereocenters. The van der Waals surface area contributed by atoms with Crippen LogP contribution in [0.5, 0.6) is 0 Å². The number of aromatic nitrogens is 2. The minimum Gasteiger partial charge on any atom is -0.481 e. The highest BCUT2D eigenvalue weighted by molar-refractivity contribution is 5.96. The quantitative estimate of drug-likeness (QED) is 0.433. The largest absolute Gasteiger partial charge is 0.481 e. The summed E-state index contributed by atoms with van der Waals surface area (Å²) in [6.45, 7) is 3.91. The number of rotatable bonds is 7. The Morgan fingerprint density at radius 3 is 2.47 bits per heavy atom. The van der Waals surface area contributed by atoms with Crippen molar-refractivity contribution in [2.75, 3.05) is 5.32 Å². The van der Waals surface area contributed by atoms with Crippen molar-refractivity contribution in [3.8, 4) is 16.8 Å². The maximum Gasteiger partial charge on any atom is 0.314 e. The second-order valence-electron chi connectivity index (χ2n) is 9.67. The van der Waals surface area contributed by atoms with Gasteiger partial charge in [-0.25, -0.2) is 9.07 Å². The number of benzene rings is 2. The van der Waals surface area contributed by atoms with Crippen LogP contribution in [0.15, 0.2) is 73.0 Å². The average Bonchev–Trinajstić information content (AvgIpc) is 3.64. The van der Waals surface area contributed by atoms with Gasteiger partial charge in [0.25, 0.3) is 0 Å². The van der Waals surface area contributed by atoms with Crippen LogP contribution in [0.1, 0.15) is 43.7 Å². The fourth-order valence-electron chi connectivity index (χ4n) is 4.94. The number of halogens is 1. The number of hydrogen-bond acceptors (Lipinski definition) is 3. The van der Waals surface area contributed by atoms with E-state index < -0.39 is 22.6 Å². The van der Waals surface area contributed by atoms with Gasteiger partial charge in [-0.1, -0.05) is 61.6 Å². The van der Waals surface area contributed by atoms with Crippen LogP contribution in [0.3, 0.4) is 0 Å². The summed E-state index contributed by atoms with van der Waals surface area (Å²) in [6.07, 6.45) is 11.1. The molecule has 184 valence electrons. The Morgan fingerprint density at radius 2 is 1.89 bits per heavy atom. The van der Waals surface area contributed by atoms with E-state index in [2.05, 4.69) is 10.4 Å². The van der Waals surface area contributed by atoms with Gasteiger partial charge in [-0.2, -0.15) is 5.10 Å². The topological polar surface area (TPSA) is 84.2 Å². The SMILES string of the molecule is CC[C@]1(C(=O)Nc2c(F)cnn2-c2ccc(-c3ccc(C4(C(=O)O)CC4)cc3C)cc2)C=CC=CC1. The maximum absolute atomic E-state index is 14.7. The van der Waals surface area contributed by atoms with E-state index in [1.807, 2.05) is 80.6 Å². The first-order valence-corrected chi connectivity index (χ1v) is 12.1. The average molecular weight is 486 g/mol. The van der Waals surface area contributed by atoms with Gasteiger partial charge in [0, 0.05) is 0 Å². The number of anilines is 1. The van der Waals surface area contributed by atoms with Crippen molar-refractivity contribution in [3.63, 3.8) is 0 Å². The Hall–Kier alpha value is -4.00. The highest BCUT2D eigenvalue weighted by Gasteiger charge is 2.51. The molecule has 1 amide bonds. The monoisotopic (exact) mass is 485 g/mol. The Bertz CT molecular complexity index is 1400. The molecule has 1 heterocycles. The number of aryl methyl sites for hydroxylation is 1. The molecule has 1 aromatic heterocycles. The van der Waals surface area contributed by atoms with Crippen molar-refractivity contribution in [3.05, 3.63) is 89.9 Å². The molecule has 0 aliphatic heterocycles. The maximum atomic E-state index is 14.7. The molecule has 0 bridgehead atoms. The molecule has 2 aromatic carbocycles. The molecule has 36 heavy (non-hydrogen) atoms. The number of nitrogens with one attached hydrogen (secondary N) is 1. The third-order valence-corrected chi connectivity index (χ3v) is 7.55. The standard InChI is InChI=1S/C29H28FN3O3/c1-3-28(13-5-4-6-14-28)26(34)32-25-24(30)18-31-33(25)22-10-7-20(8-11-22)23-12-9-21(17-19(23)2)29(15-16-29)27(35)36/h4-13,17-18H,3,14-16H2,1-2H3,(H,32,34)(H,35,36)/t28-/m0/s1. The smallest absolute Gasteiger partial charge is 0.314 e. The lowest BCUT2D eigenvalue weighted by atomic mass is 9.78. The molecule has 1 saturated carbocycles. The van der Waals surface area contributed by atoms with Crippen LogP contribution in [0.25, 0.3) is 16.8 Å². The molecular formula is C29H28FN3O3. The molecule has 1 fully saturated rings. The molecule has 6 nitrogen and oxygen atoms in total. The Morgan fingerprint density at radius 1 is 1.14 bits per heavy atom. The fraction of sp³-hybridized carbons (Fsp3) is 0.276. The van der Waals surface area contributed by atoms with Crippen molar-refractivity contribution in [1.82, 2.24) is 9.78 Å². The molecule has 0 saturated heterocycles. The number of nitrogens with zero attached hydrogens (tertiary/aromatic N) is 2. The number of aliphatic carboxylic acids is 1. The normalized spacial score (nSPS) is 19.8. The zero-order valence-electron chi connectivity index (χ0n) is 20.3. The van der Waals surface area contributed by atoms with Crippen LogP contribution in [0, 0.1) is 18.2 Å². The predicted molar refractivity (Wildman–Crippen MR) is 136 cm³/mol. The summed E-state index contributed by atoms with van der Waals surface area (Å²) in [5.41, 5.74) is 2.93. The van der Waals surface area contributed by atoms with Crippen LogP contribution in [-0.2, 0) is 15.0 Å². The molecule has 7 heteroatoms. The highest BCUT2D eigenvalue weighted by atomic mass is 19.1. The van der Waals surface area contributed by atoms with E-state index in [1.165, 1.54) is 4.68 Å². The van der Waals surface area contributed by atoms with Crippen LogP contribution >= 0.6 is 0 Å². The van der Waals surface area contributed by atoms with Crippen LogP contribution in [0.4, 0.5) is 10.2 Å². The summed E-state index contributed by atoms with van der Waals surface area (Å²) in [6, 6.07) is 13.3. The van der Waals surface area contributed by atoms with E-state index in [9.17, 15) is 19.1 Å². The summed E-state index contributed by atoms with van der Waals surface area (Å²) in [4.78, 5) is 24.8. The third-order valence-electron chi connectivity index (χ3n) is 7.55. The van der Waals surface area contributed by atoms with Gasteiger partial charge in [-0.05, 0) is 67.0 Å². The number of hydrogen-bond donors (Lipinski definition) is 2. The van der Waals surface area contributed by atoms with Crippen LogP contribution in [-0.4, -0.2) is 26.8 Å². The number of carboxylic acids is 1. The van der Waals surface area contributed by atoms with Gasteiger partial charge in [0.05, 0.1) is 22.7 Å². The van der Waals surface area contributed by atoms with Gasteiger partial charge in [0.15, 0.2) is 11.6 Å². The van der Waals surface area contributed by atoms with E-state index in [1.54, 1.807) is 0 Å². The molecule has 0 radical (unpaired) electrons. The van der Waals surface area contributed by atoms with Crippen molar-refractivity contribution in [2.45, 2.75) is 44.9 Å². The van der Waals surface area contributed by atoms with E-state index in [0.29, 0.717) is 31.4 Å². The summed E-state index contributed by atoms with van der Waals surface area (Å²) in [7, 11) is 0. The van der Waals surface area contributed by atoms with Gasteiger partial charge in [-0.3, -0.25) is 9.59 Å². The summed E-state index contributed by atoms with van der Waals surface area (Å²) < 4.78 is 16.1. The van der Waals surface area contributed by atoms with E-state index in [4.69, 9.17) is 0 Å². The fourth-order valence-corrected chi connectivity index (χ4v) is 4.94. The number of carbonyl (C=O) groups excluding carboxylic acids is 1. The van der Waals surface area contributed by atoms with Gasteiger partial charge in [-0.15, -0.1) is 0 Å². The first-order chi connectivity index (χ1) is 17.3. The van der Waals surface area contributed by atoms with E-state index in [0.717, 1.165) is 28.5 Å². The summed E-state index contributed by atoms with van der Waals surface area (Å²) in [5.74, 6) is -1.64. The van der Waals surface area contributed by atoms with Gasteiger partial charge >= 0.3 is 5.97 Å². The minimum absolute atomic E-state index is 0.00691.